The molecule has 9 heteroatoms. The van der Waals surface area contributed by atoms with E-state index in [4.69, 9.17) is 27.9 Å². The second-order valence-corrected chi connectivity index (χ2v) is 9.75. The average Bonchev–Trinajstić information content (AvgIpc) is 3.42. The predicted octanol–water partition coefficient (Wildman–Crippen LogP) is 3.04. The van der Waals surface area contributed by atoms with Crippen LogP contribution in [0.25, 0.3) is 0 Å². The van der Waals surface area contributed by atoms with Crippen LogP contribution in [0, 0.1) is 11.8 Å². The number of hydrogen-bond acceptors (Lipinski definition) is 4. The highest BCUT2D eigenvalue weighted by Gasteiger charge is 2.38. The minimum absolute atomic E-state index is 0.0496. The third kappa shape index (κ3) is 4.26. The van der Waals surface area contributed by atoms with Crippen LogP contribution in [0.4, 0.5) is 0 Å². The zero-order valence-electron chi connectivity index (χ0n) is 17.7. The molecule has 0 bridgehead atoms. The maximum atomic E-state index is 12.8. The Morgan fingerprint density at radius 2 is 1.97 bits per heavy atom. The summed E-state index contributed by atoms with van der Waals surface area (Å²) >= 11 is 13.1. The molecule has 3 heterocycles. The molecule has 2 aliphatic heterocycles. The number of ether oxygens (including phenoxy) is 1. The summed E-state index contributed by atoms with van der Waals surface area (Å²) in [4.78, 5) is 27.3. The third-order valence-electron chi connectivity index (χ3n) is 6.99. The predicted molar refractivity (Wildman–Crippen MR) is 121 cm³/mol. The normalized spacial score (nSPS) is 25.5. The number of rotatable bonds is 4. The fourth-order valence-electron chi connectivity index (χ4n) is 5.16. The Kier molecular flexibility index (Phi) is 6.14. The van der Waals surface area contributed by atoms with Gasteiger partial charge >= 0.3 is 0 Å². The molecule has 7 nitrogen and oxygen atoms in total. The molecule has 0 spiro atoms. The maximum absolute atomic E-state index is 12.8. The summed E-state index contributed by atoms with van der Waals surface area (Å²) < 4.78 is 5.31. The Balaban J connectivity index is 1.26. The zero-order valence-corrected chi connectivity index (χ0v) is 19.2. The Morgan fingerprint density at radius 3 is 2.72 bits per heavy atom. The summed E-state index contributed by atoms with van der Waals surface area (Å²) in [6.07, 6.45) is 6.10. The van der Waals surface area contributed by atoms with Crippen LogP contribution in [0.3, 0.4) is 0 Å². The molecule has 2 fully saturated rings. The summed E-state index contributed by atoms with van der Waals surface area (Å²) in [5, 5.41) is 11.3. The molecular formula is C23H26Cl2N4O3. The Labute approximate surface area is 196 Å². The van der Waals surface area contributed by atoms with Gasteiger partial charge in [-0.3, -0.25) is 14.7 Å². The van der Waals surface area contributed by atoms with Crippen LogP contribution in [-0.2, 0) is 28.8 Å². The van der Waals surface area contributed by atoms with Crippen molar-refractivity contribution < 1.29 is 14.3 Å². The lowest BCUT2D eigenvalue weighted by atomic mass is 9.81. The molecule has 5 rings (SSSR count). The van der Waals surface area contributed by atoms with Gasteiger partial charge in [-0.1, -0.05) is 23.2 Å². The molecule has 32 heavy (non-hydrogen) atoms. The van der Waals surface area contributed by atoms with E-state index in [1.54, 1.807) is 17.0 Å². The smallest absolute Gasteiger partial charge is 0.254 e. The highest BCUT2D eigenvalue weighted by Crippen LogP contribution is 2.35. The van der Waals surface area contributed by atoms with Gasteiger partial charge in [-0.05, 0) is 61.3 Å². The van der Waals surface area contributed by atoms with Gasteiger partial charge in [-0.15, -0.1) is 0 Å². The van der Waals surface area contributed by atoms with E-state index in [0.717, 1.165) is 36.9 Å². The summed E-state index contributed by atoms with van der Waals surface area (Å²) in [7, 11) is 0. The lowest BCUT2D eigenvalue weighted by molar-refractivity contribution is -0.122. The van der Waals surface area contributed by atoms with E-state index in [-0.39, 0.29) is 23.8 Å². The second-order valence-electron chi connectivity index (χ2n) is 8.93. The summed E-state index contributed by atoms with van der Waals surface area (Å²) in [5.41, 5.74) is 3.60. The van der Waals surface area contributed by atoms with Gasteiger partial charge in [0.15, 0.2) is 0 Å². The number of H-pyrrole nitrogens is 1. The van der Waals surface area contributed by atoms with E-state index in [1.165, 1.54) is 5.56 Å². The van der Waals surface area contributed by atoms with Gasteiger partial charge in [-0.25, -0.2) is 0 Å². The van der Waals surface area contributed by atoms with Crippen molar-refractivity contribution in [3.63, 3.8) is 0 Å². The molecule has 2 aromatic rings. The molecule has 2 amide bonds. The van der Waals surface area contributed by atoms with Crippen molar-refractivity contribution in [1.29, 1.82) is 0 Å². The third-order valence-corrected chi connectivity index (χ3v) is 7.66. The van der Waals surface area contributed by atoms with Crippen molar-refractivity contribution in [2.24, 2.45) is 11.8 Å². The van der Waals surface area contributed by atoms with Crippen molar-refractivity contribution in [3.05, 3.63) is 50.8 Å². The van der Waals surface area contributed by atoms with Crippen molar-refractivity contribution in [3.8, 4) is 0 Å². The van der Waals surface area contributed by atoms with Crippen LogP contribution < -0.4 is 5.32 Å². The number of morpholine rings is 1. The first kappa shape index (κ1) is 21.7. The Morgan fingerprint density at radius 1 is 1.22 bits per heavy atom. The number of fused-ring (bicyclic) bond motifs is 1. The van der Waals surface area contributed by atoms with Crippen LogP contribution in [0.2, 0.25) is 10.0 Å². The van der Waals surface area contributed by atoms with Crippen molar-refractivity contribution in [2.75, 3.05) is 26.3 Å². The van der Waals surface area contributed by atoms with E-state index in [9.17, 15) is 9.59 Å². The number of carbonyl (C=O) groups excluding carboxylic acids is 2. The quantitative estimate of drug-likeness (QED) is 0.709. The molecule has 3 atom stereocenters. The average molecular weight is 477 g/mol. The number of aromatic nitrogens is 2. The molecule has 2 saturated heterocycles. The van der Waals surface area contributed by atoms with E-state index in [0.29, 0.717) is 54.3 Å². The number of aromatic amines is 1. The molecule has 170 valence electrons. The van der Waals surface area contributed by atoms with E-state index in [1.807, 2.05) is 6.20 Å². The molecule has 3 aliphatic rings. The largest absolute Gasteiger partial charge is 0.378 e. The fourth-order valence-corrected chi connectivity index (χ4v) is 5.80. The molecule has 0 saturated carbocycles. The molecule has 1 aromatic carbocycles. The standard InChI is InChI=1S/C23H26Cl2N4O3/c24-18-9-15(23(31)29-3-5-32-6-4-29)10-19(25)17(18)8-14-11-21(27-22(14)30)13-1-2-20-16(7-13)12-26-28-20/h9-10,12-14,21H,1-8,11H2,(H,26,28)(H,27,30)/t13?,14-,21+/m1/s1. The van der Waals surface area contributed by atoms with E-state index in [2.05, 4.69) is 15.5 Å². The number of benzene rings is 1. The highest BCUT2D eigenvalue weighted by atomic mass is 35.5. The molecule has 1 aromatic heterocycles. The number of carbonyl (C=O) groups is 2. The Hall–Kier alpha value is -2.09. The maximum Gasteiger partial charge on any atom is 0.254 e. The van der Waals surface area contributed by atoms with Crippen LogP contribution in [0.1, 0.15) is 40.0 Å². The number of nitrogens with one attached hydrogen (secondary N) is 2. The first-order valence-electron chi connectivity index (χ1n) is 11.2. The van der Waals surface area contributed by atoms with Gasteiger partial charge in [0.25, 0.3) is 5.91 Å². The Bertz CT molecular complexity index is 1010. The van der Waals surface area contributed by atoms with Gasteiger partial charge in [0.2, 0.25) is 5.91 Å². The topological polar surface area (TPSA) is 87.3 Å². The van der Waals surface area contributed by atoms with Gasteiger partial charge < -0.3 is 15.0 Å². The lowest BCUT2D eigenvalue weighted by Crippen LogP contribution is -2.40. The first-order valence-corrected chi connectivity index (χ1v) is 11.9. The fraction of sp³-hybridized carbons (Fsp3) is 0.522. The summed E-state index contributed by atoms with van der Waals surface area (Å²) in [5.74, 6) is 0.182. The monoisotopic (exact) mass is 476 g/mol. The van der Waals surface area contributed by atoms with Gasteiger partial charge in [0, 0.05) is 46.9 Å². The summed E-state index contributed by atoms with van der Waals surface area (Å²) in [6.45, 7) is 2.18. The molecule has 1 aliphatic carbocycles. The molecule has 2 N–H and O–H groups in total. The number of hydrogen-bond donors (Lipinski definition) is 2. The molecular weight excluding hydrogens is 451 g/mol. The molecule has 1 unspecified atom stereocenters. The first-order chi connectivity index (χ1) is 15.5. The van der Waals surface area contributed by atoms with Gasteiger partial charge in [-0.2, -0.15) is 5.10 Å². The van der Waals surface area contributed by atoms with Crippen LogP contribution >= 0.6 is 23.2 Å². The van der Waals surface area contributed by atoms with Gasteiger partial charge in [0.05, 0.1) is 18.9 Å². The van der Waals surface area contributed by atoms with E-state index < -0.39 is 0 Å². The molecule has 0 radical (unpaired) electrons. The van der Waals surface area contributed by atoms with Crippen molar-refractivity contribution in [2.45, 2.75) is 38.1 Å². The SMILES string of the molecule is O=C1N[C@H](C2CCc3n[nH]cc3C2)C[C@H]1Cc1c(Cl)cc(C(=O)N2CCOCC2)cc1Cl. The number of halogens is 2. The highest BCUT2D eigenvalue weighted by molar-refractivity contribution is 6.36. The lowest BCUT2D eigenvalue weighted by Gasteiger charge is -2.27. The number of nitrogens with zero attached hydrogens (tertiary/aromatic N) is 2. The van der Waals surface area contributed by atoms with Crippen LogP contribution in [-0.4, -0.2) is 59.3 Å². The number of amides is 2. The van der Waals surface area contributed by atoms with Crippen molar-refractivity contribution in [1.82, 2.24) is 20.4 Å². The van der Waals surface area contributed by atoms with Gasteiger partial charge in [0.1, 0.15) is 0 Å². The number of aryl methyl sites for hydroxylation is 1. The second kappa shape index (κ2) is 9.04. The van der Waals surface area contributed by atoms with Crippen LogP contribution in [0.5, 0.6) is 0 Å². The minimum Gasteiger partial charge on any atom is -0.378 e. The summed E-state index contributed by atoms with van der Waals surface area (Å²) in [6, 6.07) is 3.49. The van der Waals surface area contributed by atoms with E-state index >= 15 is 0 Å². The minimum atomic E-state index is -0.179. The van der Waals surface area contributed by atoms with Crippen LogP contribution in [0.15, 0.2) is 18.3 Å². The zero-order chi connectivity index (χ0) is 22.2. The van der Waals surface area contributed by atoms with Crippen molar-refractivity contribution >= 4 is 35.0 Å².